The number of amides is 1. The Hall–Kier alpha value is -2.70. The van der Waals surface area contributed by atoms with Crippen molar-refractivity contribution in [2.75, 3.05) is 6.54 Å². The lowest BCUT2D eigenvalue weighted by Crippen LogP contribution is -2.28. The molecule has 1 amide bonds. The number of benzene rings is 1. The van der Waals surface area contributed by atoms with Gasteiger partial charge in [0.25, 0.3) is 5.91 Å². The lowest BCUT2D eigenvalue weighted by Gasteiger charge is -2.08. The maximum Gasteiger partial charge on any atom is 0.390 e. The number of rotatable bonds is 5. The smallest absolute Gasteiger partial charge is 0.358 e. The molecule has 0 unspecified atom stereocenters. The average Bonchev–Trinajstić information content (AvgIpc) is 2.80. The van der Waals surface area contributed by atoms with Crippen molar-refractivity contribution in [2.45, 2.75) is 27.3 Å². The van der Waals surface area contributed by atoms with E-state index in [1.165, 1.54) is 10.7 Å². The minimum Gasteiger partial charge on any atom is -0.358 e. The highest BCUT2D eigenvalue weighted by Crippen LogP contribution is 2.11. The van der Waals surface area contributed by atoms with E-state index in [9.17, 15) is 14.9 Å². The second kappa shape index (κ2) is 6.38. The summed E-state index contributed by atoms with van der Waals surface area (Å²) in [5.41, 5.74) is 3.35. The molecule has 0 saturated heterocycles. The molecule has 2 aromatic rings. The van der Waals surface area contributed by atoms with Crippen LogP contribution in [0.3, 0.4) is 0 Å². The first-order valence-electron chi connectivity index (χ1n) is 6.93. The fourth-order valence-corrected chi connectivity index (χ4v) is 2.25. The summed E-state index contributed by atoms with van der Waals surface area (Å²) in [6.45, 7) is 6.35. The number of nitrogens with one attached hydrogen (secondary N) is 1. The molecule has 116 valence electrons. The van der Waals surface area contributed by atoms with Crippen LogP contribution in [0.25, 0.3) is 0 Å². The molecule has 0 aliphatic heterocycles. The van der Waals surface area contributed by atoms with Gasteiger partial charge < -0.3 is 15.4 Å². The van der Waals surface area contributed by atoms with Crippen LogP contribution in [0, 0.1) is 30.9 Å². The van der Waals surface area contributed by atoms with E-state index in [4.69, 9.17) is 0 Å². The van der Waals surface area contributed by atoms with Crippen molar-refractivity contribution in [1.82, 2.24) is 15.1 Å². The van der Waals surface area contributed by atoms with Gasteiger partial charge in [-0.15, -0.1) is 0 Å². The van der Waals surface area contributed by atoms with Crippen LogP contribution in [0.5, 0.6) is 0 Å². The maximum absolute atomic E-state index is 12.1. The molecule has 0 saturated carbocycles. The molecule has 7 nitrogen and oxygen atoms in total. The normalized spacial score (nSPS) is 10.5. The highest BCUT2D eigenvalue weighted by atomic mass is 16.6. The third-order valence-electron chi connectivity index (χ3n) is 3.39. The summed E-state index contributed by atoms with van der Waals surface area (Å²) >= 11 is 0. The van der Waals surface area contributed by atoms with Crippen molar-refractivity contribution in [3.63, 3.8) is 0 Å². The Balaban J connectivity index is 1.96. The van der Waals surface area contributed by atoms with E-state index >= 15 is 0 Å². The summed E-state index contributed by atoms with van der Waals surface area (Å²) in [5, 5.41) is 17.3. The van der Waals surface area contributed by atoms with Crippen LogP contribution in [-0.4, -0.2) is 27.2 Å². The van der Waals surface area contributed by atoms with E-state index in [-0.39, 0.29) is 11.7 Å². The first kappa shape index (κ1) is 15.7. The second-order valence-corrected chi connectivity index (χ2v) is 5.20. The zero-order chi connectivity index (χ0) is 16.3. The Morgan fingerprint density at radius 3 is 2.64 bits per heavy atom. The molecule has 0 aliphatic carbocycles. The van der Waals surface area contributed by atoms with Crippen molar-refractivity contribution in [3.8, 4) is 0 Å². The van der Waals surface area contributed by atoms with Gasteiger partial charge in [0.05, 0.1) is 23.4 Å². The molecule has 22 heavy (non-hydrogen) atoms. The van der Waals surface area contributed by atoms with Crippen molar-refractivity contribution >= 4 is 11.7 Å². The standard InChI is InChI=1S/C15H18N4O3/c1-10-4-5-13(11(2)8-10)15(20)16-6-7-18-12(3)9-14(17-18)19(21)22/h4-5,8-9H,6-7H2,1-3H3,(H,16,20). The van der Waals surface area contributed by atoms with E-state index in [2.05, 4.69) is 10.4 Å². The molecule has 0 atom stereocenters. The van der Waals surface area contributed by atoms with Gasteiger partial charge >= 0.3 is 5.82 Å². The van der Waals surface area contributed by atoms with Crippen molar-refractivity contribution < 1.29 is 9.72 Å². The fourth-order valence-electron chi connectivity index (χ4n) is 2.25. The highest BCUT2D eigenvalue weighted by molar-refractivity contribution is 5.95. The number of hydrogen-bond donors (Lipinski definition) is 1. The predicted molar refractivity (Wildman–Crippen MR) is 81.9 cm³/mol. The summed E-state index contributed by atoms with van der Waals surface area (Å²) in [6, 6.07) is 7.05. The van der Waals surface area contributed by atoms with Crippen LogP contribution in [0.4, 0.5) is 5.82 Å². The number of carbonyl (C=O) groups is 1. The van der Waals surface area contributed by atoms with Gasteiger partial charge in [0.1, 0.15) is 0 Å². The summed E-state index contributed by atoms with van der Waals surface area (Å²) in [7, 11) is 0. The highest BCUT2D eigenvalue weighted by Gasteiger charge is 2.15. The molecule has 0 aliphatic rings. The fraction of sp³-hybridized carbons (Fsp3) is 0.333. The van der Waals surface area contributed by atoms with Crippen LogP contribution in [-0.2, 0) is 6.54 Å². The van der Waals surface area contributed by atoms with Crippen LogP contribution < -0.4 is 5.32 Å². The third-order valence-corrected chi connectivity index (χ3v) is 3.39. The van der Waals surface area contributed by atoms with Gasteiger partial charge in [0.2, 0.25) is 0 Å². The minimum atomic E-state index is -0.530. The number of aryl methyl sites for hydroxylation is 3. The molecule has 1 N–H and O–H groups in total. The van der Waals surface area contributed by atoms with Crippen molar-refractivity contribution in [3.05, 3.63) is 56.8 Å². The summed E-state index contributed by atoms with van der Waals surface area (Å²) < 4.78 is 1.51. The number of hydrogen-bond acceptors (Lipinski definition) is 4. The Morgan fingerprint density at radius 1 is 1.32 bits per heavy atom. The molecule has 0 fully saturated rings. The molecule has 1 aromatic carbocycles. The molecule has 0 bridgehead atoms. The van der Waals surface area contributed by atoms with Crippen LogP contribution >= 0.6 is 0 Å². The van der Waals surface area contributed by atoms with E-state index in [0.717, 1.165) is 11.1 Å². The van der Waals surface area contributed by atoms with E-state index in [0.29, 0.717) is 24.3 Å². The lowest BCUT2D eigenvalue weighted by atomic mass is 10.1. The van der Waals surface area contributed by atoms with Crippen LogP contribution in [0.15, 0.2) is 24.3 Å². The van der Waals surface area contributed by atoms with E-state index < -0.39 is 4.92 Å². The molecule has 0 radical (unpaired) electrons. The number of nitro groups is 1. The van der Waals surface area contributed by atoms with Crippen LogP contribution in [0.2, 0.25) is 0 Å². The lowest BCUT2D eigenvalue weighted by molar-refractivity contribution is -0.389. The molecule has 0 spiro atoms. The topological polar surface area (TPSA) is 90.1 Å². The largest absolute Gasteiger partial charge is 0.390 e. The Bertz CT molecular complexity index is 722. The average molecular weight is 302 g/mol. The van der Waals surface area contributed by atoms with E-state index in [1.54, 1.807) is 13.0 Å². The van der Waals surface area contributed by atoms with Crippen LogP contribution in [0.1, 0.15) is 27.2 Å². The Kier molecular flexibility index (Phi) is 4.55. The van der Waals surface area contributed by atoms with Gasteiger partial charge in [0, 0.05) is 12.1 Å². The predicted octanol–water partition coefficient (Wildman–Crippen LogP) is 2.15. The van der Waals surface area contributed by atoms with E-state index in [1.807, 2.05) is 26.0 Å². The number of nitrogens with zero attached hydrogens (tertiary/aromatic N) is 3. The molecular weight excluding hydrogens is 284 g/mol. The molecule has 7 heteroatoms. The van der Waals surface area contributed by atoms with Gasteiger partial charge in [-0.1, -0.05) is 17.7 Å². The molecule has 1 heterocycles. The zero-order valence-corrected chi connectivity index (χ0v) is 12.8. The summed E-state index contributed by atoms with van der Waals surface area (Å²) in [5.74, 6) is -0.338. The number of aromatic nitrogens is 2. The van der Waals surface area contributed by atoms with Gasteiger partial charge in [-0.2, -0.15) is 4.68 Å². The molecular formula is C15H18N4O3. The van der Waals surface area contributed by atoms with Gasteiger partial charge in [-0.25, -0.2) is 0 Å². The van der Waals surface area contributed by atoms with Gasteiger partial charge in [-0.3, -0.25) is 4.79 Å². The van der Waals surface area contributed by atoms with Gasteiger partial charge in [-0.05, 0) is 37.3 Å². The quantitative estimate of drug-likeness (QED) is 0.677. The number of carbonyl (C=O) groups excluding carboxylic acids is 1. The van der Waals surface area contributed by atoms with Crippen molar-refractivity contribution in [2.24, 2.45) is 0 Å². The summed E-state index contributed by atoms with van der Waals surface area (Å²) in [6.07, 6.45) is 0. The van der Waals surface area contributed by atoms with Gasteiger partial charge in [0.15, 0.2) is 0 Å². The first-order valence-corrected chi connectivity index (χ1v) is 6.93. The molecule has 2 rings (SSSR count). The maximum atomic E-state index is 12.1. The first-order chi connectivity index (χ1) is 10.4. The SMILES string of the molecule is Cc1ccc(C(=O)NCCn2nc([N+](=O)[O-])cc2C)c(C)c1. The summed E-state index contributed by atoms with van der Waals surface area (Å²) in [4.78, 5) is 22.2. The molecule has 1 aromatic heterocycles. The zero-order valence-electron chi connectivity index (χ0n) is 12.8. The Labute approximate surface area is 128 Å². The van der Waals surface area contributed by atoms with Crippen molar-refractivity contribution in [1.29, 1.82) is 0 Å². The monoisotopic (exact) mass is 302 g/mol. The second-order valence-electron chi connectivity index (χ2n) is 5.20. The third kappa shape index (κ3) is 3.49. The Morgan fingerprint density at radius 2 is 2.05 bits per heavy atom. The minimum absolute atomic E-state index is 0.156.